The fraction of sp³-hybridized carbons (Fsp3) is 0.318. The lowest BCUT2D eigenvalue weighted by molar-refractivity contribution is 0.171. The zero-order valence-corrected chi connectivity index (χ0v) is 17.0. The van der Waals surface area contributed by atoms with E-state index in [1.165, 1.54) is 0 Å². The number of hydrogen-bond acceptors (Lipinski definition) is 5. The van der Waals surface area contributed by atoms with Crippen LogP contribution in [0.4, 0.5) is 4.79 Å². The number of pyridine rings is 1. The molecular weight excluding hydrogens is 382 g/mol. The second kappa shape index (κ2) is 8.86. The third-order valence-corrected chi connectivity index (χ3v) is 4.93. The van der Waals surface area contributed by atoms with Crippen LogP contribution in [0.3, 0.4) is 0 Å². The number of nitrogens with one attached hydrogen (secondary N) is 2. The summed E-state index contributed by atoms with van der Waals surface area (Å²) in [5.74, 6) is 2.38. The predicted octanol–water partition coefficient (Wildman–Crippen LogP) is 3.24. The summed E-state index contributed by atoms with van der Waals surface area (Å²) in [6.45, 7) is 5.57. The Kier molecular flexibility index (Phi) is 5.83. The highest BCUT2D eigenvalue weighted by Gasteiger charge is 2.21. The molecule has 0 saturated carbocycles. The first-order valence-corrected chi connectivity index (χ1v) is 9.98. The summed E-state index contributed by atoms with van der Waals surface area (Å²) in [5, 5.41) is 6.02. The number of carbonyl (C=O) groups is 1. The number of hydrogen-bond donors (Lipinski definition) is 2. The van der Waals surface area contributed by atoms with Crippen LogP contribution in [0.5, 0.6) is 11.5 Å². The summed E-state index contributed by atoms with van der Waals surface area (Å²) in [5.41, 5.74) is 1.87. The summed E-state index contributed by atoms with van der Waals surface area (Å²) in [7, 11) is 0. The van der Waals surface area contributed by atoms with Gasteiger partial charge in [-0.1, -0.05) is 26.0 Å². The van der Waals surface area contributed by atoms with Crippen molar-refractivity contribution in [2.24, 2.45) is 5.92 Å². The predicted molar refractivity (Wildman–Crippen MR) is 112 cm³/mol. The lowest BCUT2D eigenvalue weighted by Gasteiger charge is -2.25. The summed E-state index contributed by atoms with van der Waals surface area (Å²) in [6.07, 6.45) is 6.92. The molecule has 0 fully saturated rings. The van der Waals surface area contributed by atoms with E-state index in [2.05, 4.69) is 34.4 Å². The van der Waals surface area contributed by atoms with Gasteiger partial charge in [-0.15, -0.1) is 0 Å². The molecule has 1 aromatic carbocycles. The minimum Gasteiger partial charge on any atom is -0.486 e. The van der Waals surface area contributed by atoms with Gasteiger partial charge in [-0.3, -0.25) is 4.57 Å². The van der Waals surface area contributed by atoms with Gasteiger partial charge < -0.3 is 20.1 Å². The van der Waals surface area contributed by atoms with E-state index in [4.69, 9.17) is 9.47 Å². The number of benzene rings is 1. The van der Waals surface area contributed by atoms with Gasteiger partial charge >= 0.3 is 6.03 Å². The van der Waals surface area contributed by atoms with E-state index in [1.54, 1.807) is 18.7 Å². The molecule has 1 aliphatic rings. The quantitative estimate of drug-likeness (QED) is 0.655. The molecule has 2 amide bonds. The smallest absolute Gasteiger partial charge is 0.315 e. The maximum Gasteiger partial charge on any atom is 0.315 e. The van der Waals surface area contributed by atoms with Crippen LogP contribution in [0, 0.1) is 5.92 Å². The molecule has 1 atom stereocenters. The zero-order valence-electron chi connectivity index (χ0n) is 17.0. The number of aromatic nitrogens is 3. The molecule has 8 heteroatoms. The Hall–Kier alpha value is -3.55. The van der Waals surface area contributed by atoms with Gasteiger partial charge in [-0.05, 0) is 29.7 Å². The normalized spacial score (nSPS) is 13.7. The fourth-order valence-electron chi connectivity index (χ4n) is 3.44. The molecule has 0 saturated heterocycles. The van der Waals surface area contributed by atoms with Crippen molar-refractivity contribution in [3.05, 3.63) is 66.4 Å². The van der Waals surface area contributed by atoms with E-state index in [0.717, 1.165) is 22.7 Å². The Bertz CT molecular complexity index is 1000. The largest absolute Gasteiger partial charge is 0.486 e. The molecule has 156 valence electrons. The highest BCUT2D eigenvalue weighted by molar-refractivity contribution is 5.74. The van der Waals surface area contributed by atoms with Gasteiger partial charge in [0, 0.05) is 30.7 Å². The van der Waals surface area contributed by atoms with Crippen LogP contribution in [0.25, 0.3) is 5.82 Å². The fourth-order valence-corrected chi connectivity index (χ4v) is 3.44. The van der Waals surface area contributed by atoms with Crippen molar-refractivity contribution in [1.82, 2.24) is 25.2 Å². The van der Waals surface area contributed by atoms with Crippen LogP contribution in [0.2, 0.25) is 0 Å². The number of nitrogens with zero attached hydrogens (tertiary/aromatic N) is 3. The van der Waals surface area contributed by atoms with Gasteiger partial charge in [0.2, 0.25) is 0 Å². The average Bonchev–Trinajstić information content (AvgIpc) is 3.30. The first kappa shape index (κ1) is 19.8. The van der Waals surface area contributed by atoms with Crippen molar-refractivity contribution < 1.29 is 14.3 Å². The van der Waals surface area contributed by atoms with Crippen LogP contribution in [-0.2, 0) is 6.54 Å². The van der Waals surface area contributed by atoms with Gasteiger partial charge in [0.25, 0.3) is 0 Å². The molecule has 0 unspecified atom stereocenters. The Morgan fingerprint density at radius 2 is 2.00 bits per heavy atom. The molecule has 2 N–H and O–H groups in total. The number of amides is 2. The van der Waals surface area contributed by atoms with Gasteiger partial charge in [-0.2, -0.15) is 0 Å². The van der Waals surface area contributed by atoms with E-state index >= 15 is 0 Å². The molecule has 0 spiro atoms. The highest BCUT2D eigenvalue weighted by atomic mass is 16.6. The molecule has 3 heterocycles. The van der Waals surface area contributed by atoms with Gasteiger partial charge in [0.15, 0.2) is 11.5 Å². The summed E-state index contributed by atoms with van der Waals surface area (Å²) in [6, 6.07) is 9.18. The van der Waals surface area contributed by atoms with Crippen molar-refractivity contribution in [1.29, 1.82) is 0 Å². The number of fused-ring (bicyclic) bond motifs is 1. The van der Waals surface area contributed by atoms with E-state index in [0.29, 0.717) is 25.5 Å². The van der Waals surface area contributed by atoms with Crippen molar-refractivity contribution >= 4 is 6.03 Å². The third kappa shape index (κ3) is 4.37. The van der Waals surface area contributed by atoms with Crippen molar-refractivity contribution in [3.8, 4) is 17.3 Å². The Morgan fingerprint density at radius 3 is 2.77 bits per heavy atom. The van der Waals surface area contributed by atoms with Gasteiger partial charge in [0.05, 0.1) is 6.04 Å². The zero-order chi connectivity index (χ0) is 20.9. The number of carbonyl (C=O) groups excluding carboxylic acids is 1. The number of urea groups is 1. The Labute approximate surface area is 175 Å². The topological polar surface area (TPSA) is 90.3 Å². The van der Waals surface area contributed by atoms with Crippen molar-refractivity contribution in [2.75, 3.05) is 13.2 Å². The van der Waals surface area contributed by atoms with E-state index < -0.39 is 0 Å². The molecule has 30 heavy (non-hydrogen) atoms. The molecule has 0 radical (unpaired) electrons. The second-order valence-corrected chi connectivity index (χ2v) is 7.41. The SMILES string of the molecule is CC(C)[C@@H](NC(=O)NCc1cccnc1-n1ccnc1)c1ccc2c(c1)OCCO2. The molecular formula is C22H25N5O3. The van der Waals surface area contributed by atoms with E-state index in [1.807, 2.05) is 41.1 Å². The summed E-state index contributed by atoms with van der Waals surface area (Å²) < 4.78 is 13.1. The van der Waals surface area contributed by atoms with Crippen LogP contribution in [0.1, 0.15) is 31.0 Å². The first-order chi connectivity index (χ1) is 14.6. The molecule has 3 aromatic rings. The lowest BCUT2D eigenvalue weighted by atomic mass is 9.95. The van der Waals surface area contributed by atoms with Crippen LogP contribution in [-0.4, -0.2) is 33.8 Å². The third-order valence-electron chi connectivity index (χ3n) is 4.93. The standard InChI is InChI=1S/C22H25N5O3/c1-15(2)20(16-5-6-18-19(12-16)30-11-10-29-18)26-22(28)25-13-17-4-3-7-24-21(17)27-9-8-23-14-27/h3-9,12,14-15,20H,10-11,13H2,1-2H3,(H2,25,26,28)/t20-/m1/s1. The van der Waals surface area contributed by atoms with Crippen LogP contribution in [0.15, 0.2) is 55.2 Å². The first-order valence-electron chi connectivity index (χ1n) is 9.98. The van der Waals surface area contributed by atoms with Crippen LogP contribution >= 0.6 is 0 Å². The molecule has 8 nitrogen and oxygen atoms in total. The highest BCUT2D eigenvalue weighted by Crippen LogP contribution is 2.34. The second-order valence-electron chi connectivity index (χ2n) is 7.41. The number of imidazole rings is 1. The molecule has 0 aliphatic carbocycles. The minimum absolute atomic E-state index is 0.164. The molecule has 4 rings (SSSR count). The average molecular weight is 407 g/mol. The maximum absolute atomic E-state index is 12.7. The van der Waals surface area contributed by atoms with Crippen molar-refractivity contribution in [3.63, 3.8) is 0 Å². The van der Waals surface area contributed by atoms with Crippen molar-refractivity contribution in [2.45, 2.75) is 26.4 Å². The van der Waals surface area contributed by atoms with E-state index in [-0.39, 0.29) is 18.0 Å². The van der Waals surface area contributed by atoms with E-state index in [9.17, 15) is 4.79 Å². The minimum atomic E-state index is -0.246. The van der Waals surface area contributed by atoms with Gasteiger partial charge in [0.1, 0.15) is 25.4 Å². The van der Waals surface area contributed by atoms with Crippen LogP contribution < -0.4 is 20.1 Å². The molecule has 2 aromatic heterocycles. The maximum atomic E-state index is 12.7. The Balaban J connectivity index is 1.44. The summed E-state index contributed by atoms with van der Waals surface area (Å²) in [4.78, 5) is 21.1. The monoisotopic (exact) mass is 407 g/mol. The lowest BCUT2D eigenvalue weighted by Crippen LogP contribution is -2.39. The summed E-state index contributed by atoms with van der Waals surface area (Å²) >= 11 is 0. The molecule has 0 bridgehead atoms. The molecule has 1 aliphatic heterocycles. The number of rotatable bonds is 6. The van der Waals surface area contributed by atoms with Gasteiger partial charge in [-0.25, -0.2) is 14.8 Å². The number of ether oxygens (including phenoxy) is 2. The Morgan fingerprint density at radius 1 is 1.17 bits per heavy atom.